The van der Waals surface area contributed by atoms with Crippen LogP contribution in [0.4, 0.5) is 0 Å². The number of aromatic nitrogens is 1. The zero-order chi connectivity index (χ0) is 21.9. The molecule has 0 aliphatic carbocycles. The van der Waals surface area contributed by atoms with E-state index in [1.807, 2.05) is 24.3 Å². The first-order valence-electron chi connectivity index (χ1n) is 10.7. The van der Waals surface area contributed by atoms with Gasteiger partial charge in [-0.1, -0.05) is 12.1 Å². The third kappa shape index (κ3) is 7.79. The number of hydrogen-bond donors (Lipinski definition) is 2. The normalized spacial score (nSPS) is 15.4. The number of nitrogens with zero attached hydrogens (tertiary/aromatic N) is 3. The number of halogens is 1. The van der Waals surface area contributed by atoms with Gasteiger partial charge in [0.1, 0.15) is 5.75 Å². The summed E-state index contributed by atoms with van der Waals surface area (Å²) in [5, 5.41) is 6.86. The lowest BCUT2D eigenvalue weighted by atomic mass is 10.0. The van der Waals surface area contributed by atoms with Gasteiger partial charge in [0.25, 0.3) is 0 Å². The van der Waals surface area contributed by atoms with E-state index in [-0.39, 0.29) is 30.0 Å². The predicted octanol–water partition coefficient (Wildman–Crippen LogP) is 2.85. The van der Waals surface area contributed by atoms with Crippen molar-refractivity contribution in [1.82, 2.24) is 20.5 Å². The summed E-state index contributed by atoms with van der Waals surface area (Å²) in [6.07, 6.45) is 1.74. The first-order chi connectivity index (χ1) is 15.2. The molecule has 0 spiro atoms. The maximum absolute atomic E-state index is 5.56. The summed E-state index contributed by atoms with van der Waals surface area (Å²) in [5.41, 5.74) is 2.29. The molecular formula is C23H34IN5O3. The lowest BCUT2D eigenvalue weighted by Gasteiger charge is -2.35. The largest absolute Gasteiger partial charge is 0.497 e. The minimum atomic E-state index is 0. The van der Waals surface area contributed by atoms with Gasteiger partial charge in [0.2, 0.25) is 5.88 Å². The van der Waals surface area contributed by atoms with Crippen molar-refractivity contribution in [2.75, 3.05) is 53.6 Å². The standard InChI is InChI=1S/C23H33N5O3.HI/c1-4-24-23(26-16-18-9-10-25-22(15-18)30-3)27-17-21(28-11-13-31-14-12-28)19-5-7-20(29-2)8-6-19;/h5-10,15,21H,4,11-14,16-17H2,1-3H3,(H2,24,26,27);1H. The Bertz CT molecular complexity index is 829. The number of morpholine rings is 1. The van der Waals surface area contributed by atoms with Crippen LogP contribution in [0.3, 0.4) is 0 Å². The smallest absolute Gasteiger partial charge is 0.213 e. The van der Waals surface area contributed by atoms with E-state index in [0.717, 1.165) is 56.7 Å². The lowest BCUT2D eigenvalue weighted by Crippen LogP contribution is -2.46. The van der Waals surface area contributed by atoms with Gasteiger partial charge in [-0.05, 0) is 36.2 Å². The van der Waals surface area contributed by atoms with Crippen molar-refractivity contribution in [3.05, 3.63) is 53.7 Å². The highest BCUT2D eigenvalue weighted by atomic mass is 127. The van der Waals surface area contributed by atoms with Crippen molar-refractivity contribution in [3.63, 3.8) is 0 Å². The summed E-state index contributed by atoms with van der Waals surface area (Å²) in [4.78, 5) is 11.4. The second-order valence-electron chi connectivity index (χ2n) is 7.22. The molecule has 0 amide bonds. The Kier molecular flexibility index (Phi) is 11.5. The van der Waals surface area contributed by atoms with Crippen molar-refractivity contribution in [1.29, 1.82) is 0 Å². The fourth-order valence-corrected chi connectivity index (χ4v) is 3.54. The highest BCUT2D eigenvalue weighted by Crippen LogP contribution is 2.23. The van der Waals surface area contributed by atoms with E-state index < -0.39 is 0 Å². The van der Waals surface area contributed by atoms with Crippen molar-refractivity contribution in [2.45, 2.75) is 19.5 Å². The van der Waals surface area contributed by atoms with Crippen molar-refractivity contribution in [2.24, 2.45) is 4.99 Å². The maximum Gasteiger partial charge on any atom is 0.213 e. The molecule has 2 heterocycles. The van der Waals surface area contributed by atoms with Crippen LogP contribution in [0.1, 0.15) is 24.1 Å². The van der Waals surface area contributed by atoms with Gasteiger partial charge in [-0.2, -0.15) is 0 Å². The van der Waals surface area contributed by atoms with Crippen LogP contribution in [0.2, 0.25) is 0 Å². The Labute approximate surface area is 207 Å². The number of nitrogens with one attached hydrogen (secondary N) is 2. The molecule has 0 saturated carbocycles. The van der Waals surface area contributed by atoms with Gasteiger partial charge in [0, 0.05) is 38.4 Å². The molecule has 2 N–H and O–H groups in total. The van der Waals surface area contributed by atoms with E-state index in [4.69, 9.17) is 19.2 Å². The average molecular weight is 555 g/mol. The van der Waals surface area contributed by atoms with E-state index in [1.54, 1.807) is 20.4 Å². The Morgan fingerprint density at radius 1 is 1.12 bits per heavy atom. The Balaban J connectivity index is 0.00000363. The van der Waals surface area contributed by atoms with Gasteiger partial charge in [0.05, 0.1) is 40.0 Å². The number of methoxy groups -OCH3 is 2. The highest BCUT2D eigenvalue weighted by molar-refractivity contribution is 14.0. The van der Waals surface area contributed by atoms with Crippen LogP contribution in [-0.4, -0.2) is 69.5 Å². The second kappa shape index (κ2) is 14.1. The first kappa shape index (κ1) is 26.1. The molecule has 1 aliphatic rings. The number of ether oxygens (including phenoxy) is 3. The fourth-order valence-electron chi connectivity index (χ4n) is 3.54. The number of aliphatic imine (C=N–C) groups is 1. The fraction of sp³-hybridized carbons (Fsp3) is 0.478. The van der Waals surface area contributed by atoms with Gasteiger partial charge in [-0.3, -0.25) is 4.90 Å². The molecule has 32 heavy (non-hydrogen) atoms. The molecule has 1 aliphatic heterocycles. The zero-order valence-corrected chi connectivity index (χ0v) is 21.4. The molecule has 1 atom stereocenters. The highest BCUT2D eigenvalue weighted by Gasteiger charge is 2.23. The summed E-state index contributed by atoms with van der Waals surface area (Å²) in [5.74, 6) is 2.24. The van der Waals surface area contributed by atoms with Gasteiger partial charge in [0.15, 0.2) is 5.96 Å². The number of benzene rings is 1. The quantitative estimate of drug-likeness (QED) is 0.280. The van der Waals surface area contributed by atoms with Gasteiger partial charge >= 0.3 is 0 Å². The number of hydrogen-bond acceptors (Lipinski definition) is 6. The summed E-state index contributed by atoms with van der Waals surface area (Å²) >= 11 is 0. The molecule has 0 radical (unpaired) electrons. The molecule has 0 bridgehead atoms. The first-order valence-corrected chi connectivity index (χ1v) is 10.7. The minimum absolute atomic E-state index is 0. The zero-order valence-electron chi connectivity index (χ0n) is 19.0. The van der Waals surface area contributed by atoms with Crippen LogP contribution in [0.25, 0.3) is 0 Å². The topological polar surface area (TPSA) is 80.2 Å². The van der Waals surface area contributed by atoms with E-state index in [2.05, 4.69) is 39.6 Å². The van der Waals surface area contributed by atoms with E-state index in [9.17, 15) is 0 Å². The molecule has 2 aromatic rings. The van der Waals surface area contributed by atoms with Crippen molar-refractivity contribution in [3.8, 4) is 11.6 Å². The molecule has 1 aromatic carbocycles. The number of guanidine groups is 1. The average Bonchev–Trinajstić information content (AvgIpc) is 2.83. The number of pyridine rings is 1. The van der Waals surface area contributed by atoms with Crippen molar-refractivity contribution < 1.29 is 14.2 Å². The van der Waals surface area contributed by atoms with E-state index in [0.29, 0.717) is 12.4 Å². The van der Waals surface area contributed by atoms with Gasteiger partial charge in [-0.15, -0.1) is 24.0 Å². The third-order valence-corrected chi connectivity index (χ3v) is 5.22. The number of rotatable bonds is 9. The predicted molar refractivity (Wildman–Crippen MR) is 137 cm³/mol. The molecule has 1 fully saturated rings. The summed E-state index contributed by atoms with van der Waals surface area (Å²) < 4.78 is 16.1. The monoisotopic (exact) mass is 555 g/mol. The molecule has 3 rings (SSSR count). The minimum Gasteiger partial charge on any atom is -0.497 e. The summed E-state index contributed by atoms with van der Waals surface area (Å²) in [6, 6.07) is 12.4. The Morgan fingerprint density at radius 3 is 2.53 bits per heavy atom. The molecule has 1 saturated heterocycles. The van der Waals surface area contributed by atoms with Crippen LogP contribution in [0.5, 0.6) is 11.6 Å². The molecule has 176 valence electrons. The lowest BCUT2D eigenvalue weighted by molar-refractivity contribution is 0.0170. The SMILES string of the molecule is CCNC(=NCc1ccnc(OC)c1)NCC(c1ccc(OC)cc1)N1CCOCC1.I. The van der Waals surface area contributed by atoms with Crippen molar-refractivity contribution >= 4 is 29.9 Å². The molecule has 9 heteroatoms. The van der Waals surface area contributed by atoms with Crippen LogP contribution in [0.15, 0.2) is 47.6 Å². The third-order valence-electron chi connectivity index (χ3n) is 5.22. The second-order valence-corrected chi connectivity index (χ2v) is 7.22. The molecular weight excluding hydrogens is 521 g/mol. The van der Waals surface area contributed by atoms with Crippen LogP contribution < -0.4 is 20.1 Å². The molecule has 1 aromatic heterocycles. The summed E-state index contributed by atoms with van der Waals surface area (Å²) in [6.45, 7) is 7.45. The van der Waals surface area contributed by atoms with Crippen LogP contribution in [-0.2, 0) is 11.3 Å². The summed E-state index contributed by atoms with van der Waals surface area (Å²) in [7, 11) is 3.31. The van der Waals surface area contributed by atoms with Crippen LogP contribution >= 0.6 is 24.0 Å². The Morgan fingerprint density at radius 2 is 1.88 bits per heavy atom. The molecule has 8 nitrogen and oxygen atoms in total. The maximum atomic E-state index is 5.56. The van der Waals surface area contributed by atoms with E-state index >= 15 is 0 Å². The molecule has 1 unspecified atom stereocenters. The van der Waals surface area contributed by atoms with Crippen LogP contribution in [0, 0.1) is 0 Å². The van der Waals surface area contributed by atoms with E-state index in [1.165, 1.54) is 5.56 Å². The van der Waals surface area contributed by atoms with Gasteiger partial charge < -0.3 is 24.8 Å². The van der Waals surface area contributed by atoms with Gasteiger partial charge in [-0.25, -0.2) is 9.98 Å². The Hall–Kier alpha value is -2.11.